The smallest absolute Gasteiger partial charge is 0.375 e. The van der Waals surface area contributed by atoms with Crippen molar-refractivity contribution in [3.63, 3.8) is 0 Å². The number of hydrogen-bond acceptors (Lipinski definition) is 4. The molecule has 228 valence electrons. The van der Waals surface area contributed by atoms with Gasteiger partial charge in [0.25, 0.3) is 5.91 Å². The van der Waals surface area contributed by atoms with Gasteiger partial charge in [0.1, 0.15) is 0 Å². The predicted octanol–water partition coefficient (Wildman–Crippen LogP) is 6.88. The van der Waals surface area contributed by atoms with Crippen molar-refractivity contribution in [2.45, 2.75) is 81.6 Å². The van der Waals surface area contributed by atoms with Crippen LogP contribution in [-0.4, -0.2) is 71.8 Å². The van der Waals surface area contributed by atoms with Crippen LogP contribution < -0.4 is 4.90 Å². The number of nitrogens with zero attached hydrogens (tertiary/aromatic N) is 3. The second-order valence-corrected chi connectivity index (χ2v) is 13.4. The minimum absolute atomic E-state index is 0.0736. The molecule has 6 rings (SSSR count). The summed E-state index contributed by atoms with van der Waals surface area (Å²) in [6, 6.07) is 14.1. The summed E-state index contributed by atoms with van der Waals surface area (Å²) in [5.74, 6) is 1.16. The van der Waals surface area contributed by atoms with Crippen LogP contribution in [0.1, 0.15) is 73.7 Å². The lowest BCUT2D eigenvalue weighted by molar-refractivity contribution is -0.272. The normalized spacial score (nSPS) is 25.6. The fourth-order valence-electron chi connectivity index (χ4n) is 7.92. The summed E-state index contributed by atoms with van der Waals surface area (Å²) in [6.45, 7) is 2.56. The first-order chi connectivity index (χ1) is 20.1. The van der Waals surface area contributed by atoms with Crippen molar-refractivity contribution in [2.75, 3.05) is 37.6 Å². The maximum Gasteiger partial charge on any atom is 0.422 e. The number of hydrogen-bond donors (Lipinski definition) is 1. The number of rotatable bonds is 7. The predicted molar refractivity (Wildman–Crippen MR) is 159 cm³/mol. The second-order valence-electron chi connectivity index (χ2n) is 12.9. The van der Waals surface area contributed by atoms with Crippen LogP contribution in [0.5, 0.6) is 0 Å². The SMILES string of the molecule is O=C(c1ccc(N2CCC(CC3CCN(C[C@](O)(c4ccccc4)C(F)(F)F)CC3)CC2)cc1Cl)N1C2CCC1CC2. The van der Waals surface area contributed by atoms with Crippen molar-refractivity contribution in [3.8, 4) is 0 Å². The molecule has 2 aromatic carbocycles. The minimum Gasteiger partial charge on any atom is -0.375 e. The molecule has 9 heteroatoms. The van der Waals surface area contributed by atoms with Crippen molar-refractivity contribution in [2.24, 2.45) is 11.8 Å². The highest BCUT2D eigenvalue weighted by Crippen LogP contribution is 2.42. The minimum atomic E-state index is -4.74. The van der Waals surface area contributed by atoms with Crippen LogP contribution in [0, 0.1) is 11.8 Å². The number of β-amino-alcohol motifs (C(OH)–C–C–N with tert-alkyl or cyclic N) is 1. The molecule has 0 saturated carbocycles. The number of halogens is 4. The van der Waals surface area contributed by atoms with Gasteiger partial charge < -0.3 is 14.9 Å². The van der Waals surface area contributed by atoms with E-state index in [0.29, 0.717) is 47.6 Å². The highest BCUT2D eigenvalue weighted by molar-refractivity contribution is 6.34. The molecule has 4 aliphatic heterocycles. The molecule has 0 spiro atoms. The number of benzene rings is 2. The number of amides is 1. The lowest BCUT2D eigenvalue weighted by Gasteiger charge is -2.40. The Morgan fingerprint density at radius 2 is 1.40 bits per heavy atom. The summed E-state index contributed by atoms with van der Waals surface area (Å²) in [6.07, 6.45) is 4.62. The molecule has 5 nitrogen and oxygen atoms in total. The first-order valence-electron chi connectivity index (χ1n) is 15.6. The summed E-state index contributed by atoms with van der Waals surface area (Å²) in [4.78, 5) is 19.4. The third-order valence-corrected chi connectivity index (χ3v) is 10.7. The van der Waals surface area contributed by atoms with Crippen LogP contribution in [0.15, 0.2) is 48.5 Å². The Morgan fingerprint density at radius 3 is 1.95 bits per heavy atom. The topological polar surface area (TPSA) is 47.0 Å². The summed E-state index contributed by atoms with van der Waals surface area (Å²) in [5.41, 5.74) is -1.30. The molecule has 4 fully saturated rings. The summed E-state index contributed by atoms with van der Waals surface area (Å²) in [7, 11) is 0. The van der Waals surface area contributed by atoms with Crippen LogP contribution in [0.4, 0.5) is 18.9 Å². The third kappa shape index (κ3) is 5.91. The van der Waals surface area contributed by atoms with Gasteiger partial charge in [0.2, 0.25) is 0 Å². The molecular formula is C33H41ClF3N3O2. The Bertz CT molecular complexity index is 1220. The molecule has 4 aliphatic rings. The number of carbonyl (C=O) groups is 1. The Morgan fingerprint density at radius 1 is 0.833 bits per heavy atom. The number of carbonyl (C=O) groups excluding carboxylic acids is 1. The van der Waals surface area contributed by atoms with E-state index >= 15 is 0 Å². The van der Waals surface area contributed by atoms with Crippen LogP contribution in [-0.2, 0) is 5.60 Å². The van der Waals surface area contributed by atoms with Crippen LogP contribution in [0.2, 0.25) is 5.02 Å². The lowest BCUT2D eigenvalue weighted by Crippen LogP contribution is -2.52. The first-order valence-corrected chi connectivity index (χ1v) is 15.9. The average Bonchev–Trinajstić information content (AvgIpc) is 3.59. The van der Waals surface area contributed by atoms with Gasteiger partial charge in [-0.05, 0) is 106 Å². The monoisotopic (exact) mass is 603 g/mol. The van der Waals surface area contributed by atoms with Gasteiger partial charge in [-0.25, -0.2) is 0 Å². The van der Waals surface area contributed by atoms with Gasteiger partial charge in [-0.3, -0.25) is 9.69 Å². The molecule has 4 heterocycles. The van der Waals surface area contributed by atoms with E-state index in [0.717, 1.165) is 76.6 Å². The molecule has 2 aromatic rings. The van der Waals surface area contributed by atoms with Crippen molar-refractivity contribution in [1.29, 1.82) is 0 Å². The summed E-state index contributed by atoms with van der Waals surface area (Å²) in [5, 5.41) is 11.3. The van der Waals surface area contributed by atoms with Gasteiger partial charge in [-0.1, -0.05) is 41.9 Å². The molecule has 1 amide bonds. The van der Waals surface area contributed by atoms with Gasteiger partial charge in [-0.2, -0.15) is 13.2 Å². The van der Waals surface area contributed by atoms with Gasteiger partial charge >= 0.3 is 6.18 Å². The molecule has 0 aliphatic carbocycles. The lowest BCUT2D eigenvalue weighted by atomic mass is 9.82. The van der Waals surface area contributed by atoms with Gasteiger partial charge in [-0.15, -0.1) is 0 Å². The summed E-state index contributed by atoms with van der Waals surface area (Å²) >= 11 is 6.65. The van der Waals surface area contributed by atoms with E-state index in [1.807, 2.05) is 18.2 Å². The van der Waals surface area contributed by atoms with Gasteiger partial charge in [0.05, 0.1) is 10.6 Å². The largest absolute Gasteiger partial charge is 0.422 e. The van der Waals surface area contributed by atoms with E-state index in [4.69, 9.17) is 11.6 Å². The van der Waals surface area contributed by atoms with Crippen LogP contribution >= 0.6 is 11.6 Å². The molecule has 0 aromatic heterocycles. The molecule has 0 radical (unpaired) electrons. The number of anilines is 1. The third-order valence-electron chi connectivity index (χ3n) is 10.4. The van der Waals surface area contributed by atoms with E-state index in [-0.39, 0.29) is 11.5 Å². The van der Waals surface area contributed by atoms with Crippen LogP contribution in [0.25, 0.3) is 0 Å². The molecule has 42 heavy (non-hydrogen) atoms. The van der Waals surface area contributed by atoms with E-state index in [2.05, 4.69) is 9.80 Å². The molecule has 2 bridgehead atoms. The Balaban J connectivity index is 0.977. The number of alkyl halides is 3. The van der Waals surface area contributed by atoms with E-state index in [1.165, 1.54) is 24.3 Å². The average molecular weight is 604 g/mol. The Labute approximate surface area is 251 Å². The quantitative estimate of drug-likeness (QED) is 0.375. The van der Waals surface area contributed by atoms with E-state index in [9.17, 15) is 23.1 Å². The number of likely N-dealkylation sites (tertiary alicyclic amines) is 1. The number of aliphatic hydroxyl groups is 1. The number of piperidine rings is 2. The fraction of sp³-hybridized carbons (Fsp3) is 0.606. The van der Waals surface area contributed by atoms with Gasteiger partial charge in [0, 0.05) is 37.4 Å². The van der Waals surface area contributed by atoms with Gasteiger partial charge in [0.15, 0.2) is 5.60 Å². The zero-order chi connectivity index (χ0) is 29.5. The van der Waals surface area contributed by atoms with E-state index < -0.39 is 18.3 Å². The van der Waals surface area contributed by atoms with Crippen molar-refractivity contribution in [1.82, 2.24) is 9.80 Å². The summed E-state index contributed by atoms with van der Waals surface area (Å²) < 4.78 is 41.9. The maximum atomic E-state index is 14.0. The second kappa shape index (κ2) is 12.0. The zero-order valence-electron chi connectivity index (χ0n) is 24.0. The molecule has 0 unspecified atom stereocenters. The Kier molecular flexibility index (Phi) is 8.51. The highest BCUT2D eigenvalue weighted by Gasteiger charge is 2.55. The molecule has 1 N–H and O–H groups in total. The molecule has 1 atom stereocenters. The highest BCUT2D eigenvalue weighted by atomic mass is 35.5. The number of fused-ring (bicyclic) bond motifs is 2. The zero-order valence-corrected chi connectivity index (χ0v) is 24.8. The molecule has 4 saturated heterocycles. The van der Waals surface area contributed by atoms with Crippen molar-refractivity contribution < 1.29 is 23.1 Å². The maximum absolute atomic E-state index is 14.0. The fourth-order valence-corrected chi connectivity index (χ4v) is 8.17. The van der Waals surface area contributed by atoms with Crippen LogP contribution in [0.3, 0.4) is 0 Å². The first kappa shape index (κ1) is 29.8. The molecular weight excluding hydrogens is 563 g/mol. The van der Waals surface area contributed by atoms with Crippen molar-refractivity contribution >= 4 is 23.2 Å². The van der Waals surface area contributed by atoms with E-state index in [1.54, 1.807) is 11.0 Å². The van der Waals surface area contributed by atoms with Crippen molar-refractivity contribution in [3.05, 3.63) is 64.7 Å². The standard InChI is InChI=1S/C33H41ClF3N3O2/c34-30-21-28(10-11-29(30)31(41)40-26-6-7-27(40)9-8-26)39-18-14-24(15-19-39)20-23-12-16-38(17-13-23)22-32(42,33(35,36)37)25-4-2-1-3-5-25/h1-5,10-11,21,23-24,26-27,42H,6-9,12-20,22H2/t26?,27?,32-/m0/s1. The Hall–Kier alpha value is -2.29.